The van der Waals surface area contributed by atoms with Crippen LogP contribution in [0.4, 0.5) is 4.39 Å². The van der Waals surface area contributed by atoms with Crippen molar-refractivity contribution in [3.05, 3.63) is 75.0 Å². The normalized spacial score (nSPS) is 13.6. The van der Waals surface area contributed by atoms with Crippen molar-refractivity contribution < 1.29 is 9.18 Å². The van der Waals surface area contributed by atoms with E-state index in [4.69, 9.17) is 11.6 Å². The van der Waals surface area contributed by atoms with E-state index in [0.717, 1.165) is 18.4 Å². The molecule has 29 heavy (non-hydrogen) atoms. The first-order valence-electron chi connectivity index (χ1n) is 9.63. The Labute approximate surface area is 172 Å². The van der Waals surface area contributed by atoms with E-state index in [0.29, 0.717) is 21.5 Å². The summed E-state index contributed by atoms with van der Waals surface area (Å²) in [6, 6.07) is 10.1. The molecule has 0 radical (unpaired) electrons. The fourth-order valence-corrected chi connectivity index (χ4v) is 3.74. The summed E-state index contributed by atoms with van der Waals surface area (Å²) >= 11 is 6.13. The van der Waals surface area contributed by atoms with Crippen LogP contribution in [-0.4, -0.2) is 26.4 Å². The highest BCUT2D eigenvalue weighted by atomic mass is 35.5. The third kappa shape index (κ3) is 4.03. The molecule has 150 valence electrons. The van der Waals surface area contributed by atoms with Crippen LogP contribution in [0.3, 0.4) is 0 Å². The molecule has 1 fully saturated rings. The number of hydrogen-bond acceptors (Lipinski definition) is 3. The number of nitrogens with zero attached hydrogens (tertiary/aromatic N) is 3. The molecule has 0 spiro atoms. The number of hydrogen-bond donors (Lipinski definition) is 0. The SMILES string of the molecule is Cc1cccc2c(=O)n(CCC(=O)N(Cc3c(F)cccc3Cl)C3CC3)cnc12. The number of amides is 1. The molecule has 1 heterocycles. The number of rotatable bonds is 6. The van der Waals surface area contributed by atoms with Gasteiger partial charge in [-0.2, -0.15) is 0 Å². The standard InChI is InChI=1S/C22H21ClFN3O2/c1-14-4-2-5-16-21(14)25-13-26(22(16)29)11-10-20(28)27(15-8-9-15)12-17-18(23)6-3-7-19(17)24/h2-7,13,15H,8-12H2,1H3. The van der Waals surface area contributed by atoms with Gasteiger partial charge in [0.05, 0.1) is 23.8 Å². The number of carbonyl (C=O) groups excluding carboxylic acids is 1. The van der Waals surface area contributed by atoms with Crippen LogP contribution in [0.2, 0.25) is 5.02 Å². The number of aromatic nitrogens is 2. The van der Waals surface area contributed by atoms with Gasteiger partial charge in [-0.1, -0.05) is 29.8 Å². The predicted octanol–water partition coefficient (Wildman–Crippen LogP) is 4.08. The Bertz CT molecular complexity index is 1120. The van der Waals surface area contributed by atoms with Crippen LogP contribution in [0.1, 0.15) is 30.4 Å². The van der Waals surface area contributed by atoms with Gasteiger partial charge in [0.2, 0.25) is 5.91 Å². The summed E-state index contributed by atoms with van der Waals surface area (Å²) in [4.78, 5) is 31.6. The maximum atomic E-state index is 14.2. The fourth-order valence-electron chi connectivity index (χ4n) is 3.52. The first kappa shape index (κ1) is 19.6. The zero-order chi connectivity index (χ0) is 20.5. The van der Waals surface area contributed by atoms with E-state index in [1.807, 2.05) is 19.1 Å². The van der Waals surface area contributed by atoms with Crippen molar-refractivity contribution in [3.63, 3.8) is 0 Å². The first-order valence-corrected chi connectivity index (χ1v) is 10.0. The van der Waals surface area contributed by atoms with Crippen LogP contribution in [0.25, 0.3) is 10.9 Å². The van der Waals surface area contributed by atoms with Crippen molar-refractivity contribution >= 4 is 28.4 Å². The number of fused-ring (bicyclic) bond motifs is 1. The summed E-state index contributed by atoms with van der Waals surface area (Å²) in [5.74, 6) is -0.538. The Morgan fingerprint density at radius 1 is 1.28 bits per heavy atom. The van der Waals surface area contributed by atoms with Crippen LogP contribution in [0, 0.1) is 12.7 Å². The van der Waals surface area contributed by atoms with Gasteiger partial charge < -0.3 is 4.90 Å². The van der Waals surface area contributed by atoms with Gasteiger partial charge in [0, 0.05) is 29.6 Å². The Morgan fingerprint density at radius 3 is 2.76 bits per heavy atom. The minimum absolute atomic E-state index is 0.104. The van der Waals surface area contributed by atoms with E-state index in [1.165, 1.54) is 17.0 Å². The third-order valence-corrected chi connectivity index (χ3v) is 5.67. The highest BCUT2D eigenvalue weighted by molar-refractivity contribution is 6.31. The van der Waals surface area contributed by atoms with Gasteiger partial charge in [0.25, 0.3) is 5.56 Å². The topological polar surface area (TPSA) is 55.2 Å². The van der Waals surface area contributed by atoms with E-state index in [9.17, 15) is 14.0 Å². The van der Waals surface area contributed by atoms with Crippen LogP contribution in [-0.2, 0) is 17.9 Å². The average molecular weight is 414 g/mol. The number of para-hydroxylation sites is 1. The summed E-state index contributed by atoms with van der Waals surface area (Å²) in [7, 11) is 0. The zero-order valence-corrected chi connectivity index (χ0v) is 16.8. The lowest BCUT2D eigenvalue weighted by Crippen LogP contribution is -2.34. The Morgan fingerprint density at radius 2 is 2.03 bits per heavy atom. The minimum Gasteiger partial charge on any atom is -0.335 e. The molecule has 2 aromatic carbocycles. The molecule has 1 saturated carbocycles. The highest BCUT2D eigenvalue weighted by Crippen LogP contribution is 2.31. The van der Waals surface area contributed by atoms with Gasteiger partial charge in [-0.3, -0.25) is 14.2 Å². The van der Waals surface area contributed by atoms with Gasteiger partial charge in [-0.15, -0.1) is 0 Å². The van der Waals surface area contributed by atoms with Gasteiger partial charge >= 0.3 is 0 Å². The Hall–Kier alpha value is -2.73. The number of aryl methyl sites for hydroxylation is 2. The fraction of sp³-hybridized carbons (Fsp3) is 0.318. The molecule has 4 rings (SSSR count). The van der Waals surface area contributed by atoms with E-state index >= 15 is 0 Å². The average Bonchev–Trinajstić information content (AvgIpc) is 3.53. The van der Waals surface area contributed by atoms with Gasteiger partial charge in [-0.25, -0.2) is 9.37 Å². The van der Waals surface area contributed by atoms with E-state index in [1.54, 1.807) is 23.1 Å². The van der Waals surface area contributed by atoms with E-state index < -0.39 is 5.82 Å². The maximum Gasteiger partial charge on any atom is 0.261 e. The Balaban J connectivity index is 1.51. The summed E-state index contributed by atoms with van der Waals surface area (Å²) in [6.45, 7) is 2.27. The smallest absolute Gasteiger partial charge is 0.261 e. The summed E-state index contributed by atoms with van der Waals surface area (Å²) < 4.78 is 15.6. The second-order valence-electron chi connectivity index (χ2n) is 7.42. The molecule has 5 nitrogen and oxygen atoms in total. The monoisotopic (exact) mass is 413 g/mol. The molecule has 0 N–H and O–H groups in total. The van der Waals surface area contributed by atoms with Crippen LogP contribution in [0.15, 0.2) is 47.5 Å². The van der Waals surface area contributed by atoms with E-state index in [2.05, 4.69) is 4.98 Å². The molecule has 1 aliphatic carbocycles. The van der Waals surface area contributed by atoms with Crippen LogP contribution < -0.4 is 5.56 Å². The van der Waals surface area contributed by atoms with Gasteiger partial charge in [0.1, 0.15) is 5.82 Å². The predicted molar refractivity (Wildman–Crippen MR) is 110 cm³/mol. The van der Waals surface area contributed by atoms with Crippen molar-refractivity contribution in [1.82, 2.24) is 14.5 Å². The second kappa shape index (κ2) is 7.95. The van der Waals surface area contributed by atoms with Crippen LogP contribution in [0.5, 0.6) is 0 Å². The lowest BCUT2D eigenvalue weighted by Gasteiger charge is -2.23. The number of carbonyl (C=O) groups is 1. The zero-order valence-electron chi connectivity index (χ0n) is 16.1. The molecule has 0 atom stereocenters. The molecule has 3 aromatic rings. The number of benzene rings is 2. The lowest BCUT2D eigenvalue weighted by molar-refractivity contribution is -0.132. The highest BCUT2D eigenvalue weighted by Gasteiger charge is 2.33. The third-order valence-electron chi connectivity index (χ3n) is 5.32. The molecule has 1 amide bonds. The minimum atomic E-state index is -0.415. The van der Waals surface area contributed by atoms with Crippen molar-refractivity contribution in [2.45, 2.75) is 45.3 Å². The van der Waals surface area contributed by atoms with Crippen molar-refractivity contribution in [3.8, 4) is 0 Å². The van der Waals surface area contributed by atoms with Crippen LogP contribution >= 0.6 is 11.6 Å². The molecule has 0 aliphatic heterocycles. The van der Waals surface area contributed by atoms with Gasteiger partial charge in [-0.05, 0) is 43.5 Å². The quantitative estimate of drug-likeness (QED) is 0.612. The number of halogens is 2. The van der Waals surface area contributed by atoms with Gasteiger partial charge in [0.15, 0.2) is 0 Å². The van der Waals surface area contributed by atoms with Crippen molar-refractivity contribution in [1.29, 1.82) is 0 Å². The molecule has 0 bridgehead atoms. The maximum absolute atomic E-state index is 14.2. The summed E-state index contributed by atoms with van der Waals surface area (Å²) in [5.41, 5.74) is 1.77. The van der Waals surface area contributed by atoms with E-state index in [-0.39, 0.29) is 37.0 Å². The molecule has 0 saturated heterocycles. The molecule has 1 aromatic heterocycles. The largest absolute Gasteiger partial charge is 0.335 e. The summed E-state index contributed by atoms with van der Waals surface area (Å²) in [6.07, 6.45) is 3.42. The molecular formula is C22H21ClFN3O2. The van der Waals surface area contributed by atoms with Crippen molar-refractivity contribution in [2.75, 3.05) is 0 Å². The Kier molecular flexibility index (Phi) is 5.37. The molecule has 1 aliphatic rings. The van der Waals surface area contributed by atoms with Crippen molar-refractivity contribution in [2.24, 2.45) is 0 Å². The molecular weight excluding hydrogens is 393 g/mol. The second-order valence-corrected chi connectivity index (χ2v) is 7.82. The summed E-state index contributed by atoms with van der Waals surface area (Å²) in [5, 5.41) is 0.853. The molecule has 0 unspecified atom stereocenters. The lowest BCUT2D eigenvalue weighted by atomic mass is 10.1. The molecule has 7 heteroatoms. The first-order chi connectivity index (χ1) is 14.0.